The van der Waals surface area contributed by atoms with Crippen LogP contribution in [0.15, 0.2) is 40.8 Å². The molecule has 10 nitrogen and oxygen atoms in total. The maximum atomic E-state index is 13.1. The monoisotopic (exact) mass is 506 g/mol. The Morgan fingerprint density at radius 1 is 1.18 bits per heavy atom. The summed E-state index contributed by atoms with van der Waals surface area (Å²) in [4.78, 5) is 58.9. The number of thiazole rings is 1. The first kappa shape index (κ1) is 26.9. The molecule has 2 rings (SSSR count). The number of carbonyl (C=O) groups excluding carboxylic acids is 4. The molecule has 2 atom stereocenters. The Morgan fingerprint density at radius 3 is 2.50 bits per heavy atom. The minimum Gasteiger partial charge on any atom is -0.370 e. The molecule has 2 aromatic rings. The van der Waals surface area contributed by atoms with Crippen molar-refractivity contribution in [3.05, 3.63) is 51.4 Å². The lowest BCUT2D eigenvalue weighted by Crippen LogP contribution is -2.54. The van der Waals surface area contributed by atoms with Crippen molar-refractivity contribution < 1.29 is 19.2 Å². The highest BCUT2D eigenvalue weighted by Crippen LogP contribution is 2.14. The lowest BCUT2D eigenvalue weighted by Gasteiger charge is -2.24. The first-order chi connectivity index (χ1) is 16.1. The molecule has 0 aliphatic carbocycles. The first-order valence-electron chi connectivity index (χ1n) is 10.5. The van der Waals surface area contributed by atoms with Crippen molar-refractivity contribution in [1.29, 1.82) is 0 Å². The maximum absolute atomic E-state index is 13.1. The number of Topliss-reactive ketones (excluding diaryl/α,β-unsaturated/α-hetero) is 2. The number of benzene rings is 1. The summed E-state index contributed by atoms with van der Waals surface area (Å²) in [7, 11) is 0. The van der Waals surface area contributed by atoms with Crippen LogP contribution >= 0.6 is 22.9 Å². The van der Waals surface area contributed by atoms with Crippen molar-refractivity contribution in [2.75, 3.05) is 6.54 Å². The second kappa shape index (κ2) is 12.8. The lowest BCUT2D eigenvalue weighted by atomic mass is 10.0. The predicted octanol–water partition coefficient (Wildman–Crippen LogP) is 1.54. The largest absolute Gasteiger partial charge is 0.370 e. The van der Waals surface area contributed by atoms with Gasteiger partial charge in [-0.15, -0.1) is 11.3 Å². The summed E-state index contributed by atoms with van der Waals surface area (Å²) in [6.07, 6.45) is 2.17. The third-order valence-corrected chi connectivity index (χ3v) is 5.77. The summed E-state index contributed by atoms with van der Waals surface area (Å²) in [5.74, 6) is -3.18. The van der Waals surface area contributed by atoms with E-state index in [0.29, 0.717) is 11.4 Å². The topological polar surface area (TPSA) is 170 Å². The van der Waals surface area contributed by atoms with Gasteiger partial charge in [-0.3, -0.25) is 24.2 Å². The average molecular weight is 507 g/mol. The number of rotatable bonds is 12. The molecule has 1 heterocycles. The molecule has 0 spiro atoms. The number of carbonyl (C=O) groups is 4. The summed E-state index contributed by atoms with van der Waals surface area (Å²) < 4.78 is 0. The van der Waals surface area contributed by atoms with Crippen LogP contribution in [-0.2, 0) is 9.59 Å². The van der Waals surface area contributed by atoms with Gasteiger partial charge in [0.05, 0.1) is 6.04 Å². The first-order valence-corrected chi connectivity index (χ1v) is 11.8. The van der Waals surface area contributed by atoms with E-state index in [2.05, 4.69) is 20.6 Å². The number of amides is 2. The van der Waals surface area contributed by atoms with Gasteiger partial charge in [-0.05, 0) is 30.9 Å². The Morgan fingerprint density at radius 2 is 1.91 bits per heavy atom. The molecule has 0 saturated heterocycles. The number of aliphatic imine (C=N–C) groups is 1. The number of nitrogens with zero attached hydrogens (tertiary/aromatic N) is 2. The second-order valence-electron chi connectivity index (χ2n) is 7.75. The Labute approximate surface area is 206 Å². The Kier molecular flexibility index (Phi) is 10.1. The van der Waals surface area contributed by atoms with Crippen LogP contribution in [0.4, 0.5) is 0 Å². The third kappa shape index (κ3) is 7.92. The van der Waals surface area contributed by atoms with E-state index >= 15 is 0 Å². The van der Waals surface area contributed by atoms with Crippen molar-refractivity contribution in [3.8, 4) is 0 Å². The van der Waals surface area contributed by atoms with Gasteiger partial charge < -0.3 is 22.1 Å². The van der Waals surface area contributed by atoms with Gasteiger partial charge in [0.1, 0.15) is 6.04 Å². The zero-order valence-corrected chi connectivity index (χ0v) is 20.4. The zero-order chi connectivity index (χ0) is 25.3. The van der Waals surface area contributed by atoms with Gasteiger partial charge in [0.2, 0.25) is 17.5 Å². The fourth-order valence-corrected chi connectivity index (χ4v) is 3.85. The second-order valence-corrected chi connectivity index (χ2v) is 9.08. The Balaban J connectivity index is 2.13. The number of halogens is 1. The molecule has 34 heavy (non-hydrogen) atoms. The van der Waals surface area contributed by atoms with Gasteiger partial charge in [-0.25, -0.2) is 4.98 Å². The number of hydrogen-bond donors (Lipinski definition) is 4. The summed E-state index contributed by atoms with van der Waals surface area (Å²) in [5.41, 5.74) is 10.8. The highest BCUT2D eigenvalue weighted by molar-refractivity contribution is 7.11. The van der Waals surface area contributed by atoms with Crippen LogP contribution in [-0.4, -0.2) is 53.0 Å². The summed E-state index contributed by atoms with van der Waals surface area (Å²) in [6.45, 7) is 3.70. The molecule has 0 aliphatic heterocycles. The Hall–Kier alpha value is -3.31. The van der Waals surface area contributed by atoms with E-state index < -0.39 is 29.7 Å². The van der Waals surface area contributed by atoms with Crippen LogP contribution in [0.25, 0.3) is 0 Å². The van der Waals surface area contributed by atoms with Crippen LogP contribution in [0.5, 0.6) is 0 Å². The molecule has 0 radical (unpaired) electrons. The number of guanidine groups is 1. The number of nitrogens with two attached hydrogens (primary N) is 2. The fraction of sp³-hybridized carbons (Fsp3) is 0.364. The quantitative estimate of drug-likeness (QED) is 0.111. The fourth-order valence-electron chi connectivity index (χ4n) is 3.03. The van der Waals surface area contributed by atoms with Gasteiger partial charge in [0.25, 0.3) is 5.91 Å². The predicted molar refractivity (Wildman–Crippen MR) is 131 cm³/mol. The molecule has 1 aromatic heterocycles. The van der Waals surface area contributed by atoms with Crippen molar-refractivity contribution in [2.45, 2.75) is 38.8 Å². The summed E-state index contributed by atoms with van der Waals surface area (Å²) in [6, 6.07) is 3.99. The van der Waals surface area contributed by atoms with E-state index in [0.717, 1.165) is 11.3 Å². The average Bonchev–Trinajstić information content (AvgIpc) is 3.32. The molecule has 12 heteroatoms. The number of nitrogens with one attached hydrogen (secondary N) is 2. The lowest BCUT2D eigenvalue weighted by molar-refractivity contribution is -0.128. The molecule has 2 amide bonds. The molecule has 0 bridgehead atoms. The molecule has 0 fully saturated rings. The highest BCUT2D eigenvalue weighted by atomic mass is 35.5. The van der Waals surface area contributed by atoms with Crippen molar-refractivity contribution in [2.24, 2.45) is 22.4 Å². The van der Waals surface area contributed by atoms with Crippen LogP contribution in [0.1, 0.15) is 46.8 Å². The standard InChI is InChI=1S/C22H27ClN6O4S/c1-12(2)16(29-20(33)17(30)13-5-3-6-14(23)11-13)19(32)28-15(7-4-8-27-22(24)25)18(31)21-26-9-10-34-21/h3,5-6,9-12,15-16H,4,7-8H2,1-2H3,(H,28,32)(H,29,33)(H4,24,25,27)/t15-,16-/m0/s1. The van der Waals surface area contributed by atoms with E-state index in [1.165, 1.54) is 18.3 Å². The molecular formula is C22H27ClN6O4S. The van der Waals surface area contributed by atoms with Crippen molar-refractivity contribution in [1.82, 2.24) is 15.6 Å². The number of aromatic nitrogens is 1. The molecule has 0 aliphatic rings. The summed E-state index contributed by atoms with van der Waals surface area (Å²) in [5, 5.41) is 7.37. The smallest absolute Gasteiger partial charge is 0.293 e. The number of ketones is 2. The van der Waals surface area contributed by atoms with Gasteiger partial charge in [0.15, 0.2) is 11.0 Å². The maximum Gasteiger partial charge on any atom is 0.293 e. The van der Waals surface area contributed by atoms with Crippen LogP contribution in [0, 0.1) is 5.92 Å². The molecule has 0 saturated carbocycles. The highest BCUT2D eigenvalue weighted by Gasteiger charge is 2.31. The van der Waals surface area contributed by atoms with Gasteiger partial charge in [-0.1, -0.05) is 37.6 Å². The number of hydrogen-bond acceptors (Lipinski definition) is 7. The molecular weight excluding hydrogens is 480 g/mol. The zero-order valence-electron chi connectivity index (χ0n) is 18.8. The van der Waals surface area contributed by atoms with Crippen molar-refractivity contribution in [3.63, 3.8) is 0 Å². The third-order valence-electron chi connectivity index (χ3n) is 4.75. The van der Waals surface area contributed by atoms with E-state index in [9.17, 15) is 19.2 Å². The van der Waals surface area contributed by atoms with Gasteiger partial charge in [0, 0.05) is 28.7 Å². The normalized spacial score (nSPS) is 12.5. The van der Waals surface area contributed by atoms with Gasteiger partial charge >= 0.3 is 0 Å². The molecule has 1 aromatic carbocycles. The van der Waals surface area contributed by atoms with E-state index in [1.54, 1.807) is 31.4 Å². The van der Waals surface area contributed by atoms with Crippen molar-refractivity contribution >= 4 is 52.3 Å². The minimum absolute atomic E-state index is 0.0706. The minimum atomic E-state index is -1.06. The van der Waals surface area contributed by atoms with Crippen LogP contribution in [0.2, 0.25) is 5.02 Å². The van der Waals surface area contributed by atoms with Crippen LogP contribution in [0.3, 0.4) is 0 Å². The Bertz CT molecular complexity index is 1050. The van der Waals surface area contributed by atoms with Gasteiger partial charge in [-0.2, -0.15) is 0 Å². The molecule has 0 unspecified atom stereocenters. The summed E-state index contributed by atoms with van der Waals surface area (Å²) >= 11 is 7.05. The molecule has 182 valence electrons. The van der Waals surface area contributed by atoms with E-state index in [-0.39, 0.29) is 41.2 Å². The van der Waals surface area contributed by atoms with E-state index in [4.69, 9.17) is 23.1 Å². The van der Waals surface area contributed by atoms with Crippen LogP contribution < -0.4 is 22.1 Å². The molecule has 6 N–H and O–H groups in total. The SMILES string of the molecule is CC(C)[C@H](NC(=O)C(=O)c1cccc(Cl)c1)C(=O)N[C@@H](CCCN=C(N)N)C(=O)c1nccs1. The van der Waals surface area contributed by atoms with E-state index in [1.807, 2.05) is 0 Å².